The number of piperidine rings is 2. The summed E-state index contributed by atoms with van der Waals surface area (Å²) in [7, 11) is 0. The third-order valence-electron chi connectivity index (χ3n) is 4.87. The van der Waals surface area contributed by atoms with Crippen LogP contribution in [0.25, 0.3) is 0 Å². The lowest BCUT2D eigenvalue weighted by Gasteiger charge is -2.35. The molecule has 2 N–H and O–H groups in total. The molecule has 2 atom stereocenters. The van der Waals surface area contributed by atoms with E-state index < -0.39 is 4.92 Å². The average Bonchev–Trinajstić information content (AvgIpc) is 2.53. The molecule has 0 aliphatic carbocycles. The lowest BCUT2D eigenvalue weighted by Crippen LogP contribution is -2.40. The SMILES string of the molecule is C[C@@H]1C[C@H](C)CN(c2nc(N)c([N+](=O)[O-])c(N3CCCCC3)n2)C1. The number of rotatable bonds is 3. The van der Waals surface area contributed by atoms with Crippen LogP contribution in [0.3, 0.4) is 0 Å². The minimum Gasteiger partial charge on any atom is -0.378 e. The molecule has 2 saturated heterocycles. The van der Waals surface area contributed by atoms with Gasteiger partial charge in [0.2, 0.25) is 17.6 Å². The second-order valence-corrected chi connectivity index (χ2v) is 7.24. The second kappa shape index (κ2) is 6.78. The number of anilines is 3. The van der Waals surface area contributed by atoms with Crippen LogP contribution in [0, 0.1) is 22.0 Å². The Bertz CT molecular complexity index is 607. The summed E-state index contributed by atoms with van der Waals surface area (Å²) in [6, 6.07) is 0. The monoisotopic (exact) mass is 334 g/mol. The van der Waals surface area contributed by atoms with Crippen LogP contribution in [0.4, 0.5) is 23.3 Å². The highest BCUT2D eigenvalue weighted by molar-refractivity contribution is 5.71. The molecule has 2 aliphatic rings. The Balaban J connectivity index is 1.99. The van der Waals surface area contributed by atoms with Crippen LogP contribution in [-0.2, 0) is 0 Å². The molecule has 3 rings (SSSR count). The first-order valence-corrected chi connectivity index (χ1v) is 8.77. The summed E-state index contributed by atoms with van der Waals surface area (Å²) in [4.78, 5) is 24.0. The van der Waals surface area contributed by atoms with Gasteiger partial charge in [0, 0.05) is 26.2 Å². The van der Waals surface area contributed by atoms with Crippen LogP contribution in [0.15, 0.2) is 0 Å². The third kappa shape index (κ3) is 3.37. The maximum absolute atomic E-state index is 11.5. The molecular formula is C16H26N6O2. The normalized spacial score (nSPS) is 24.9. The molecule has 0 unspecified atom stereocenters. The number of hydrogen-bond donors (Lipinski definition) is 1. The zero-order valence-corrected chi connectivity index (χ0v) is 14.4. The minimum atomic E-state index is -0.454. The molecule has 0 spiro atoms. The molecule has 0 bridgehead atoms. The molecule has 0 saturated carbocycles. The van der Waals surface area contributed by atoms with Crippen LogP contribution in [0.2, 0.25) is 0 Å². The molecule has 1 aromatic heterocycles. The number of nitrogens with zero attached hydrogens (tertiary/aromatic N) is 5. The molecule has 3 heterocycles. The van der Waals surface area contributed by atoms with Gasteiger partial charge in [-0.25, -0.2) is 0 Å². The van der Waals surface area contributed by atoms with Gasteiger partial charge in [-0.2, -0.15) is 9.97 Å². The fourth-order valence-corrected chi connectivity index (χ4v) is 3.92. The van der Waals surface area contributed by atoms with Crippen molar-refractivity contribution in [1.29, 1.82) is 0 Å². The smallest absolute Gasteiger partial charge is 0.353 e. The Labute approximate surface area is 142 Å². The summed E-state index contributed by atoms with van der Waals surface area (Å²) >= 11 is 0. The highest BCUT2D eigenvalue weighted by Gasteiger charge is 2.31. The number of nitrogens with two attached hydrogens (primary N) is 1. The lowest BCUT2D eigenvalue weighted by atomic mass is 9.92. The van der Waals surface area contributed by atoms with Gasteiger partial charge in [0.1, 0.15) is 0 Å². The maximum Gasteiger partial charge on any atom is 0.353 e. The van der Waals surface area contributed by atoms with Crippen LogP contribution >= 0.6 is 0 Å². The Morgan fingerprint density at radius 1 is 1.08 bits per heavy atom. The van der Waals surface area contributed by atoms with Crippen molar-refractivity contribution in [2.45, 2.75) is 39.5 Å². The maximum atomic E-state index is 11.5. The Kier molecular flexibility index (Phi) is 4.73. The van der Waals surface area contributed by atoms with Crippen molar-refractivity contribution in [2.24, 2.45) is 11.8 Å². The van der Waals surface area contributed by atoms with Crippen LogP contribution in [0.5, 0.6) is 0 Å². The molecule has 0 aromatic carbocycles. The summed E-state index contributed by atoms with van der Waals surface area (Å²) in [6.07, 6.45) is 4.37. The van der Waals surface area contributed by atoms with Crippen molar-refractivity contribution in [3.8, 4) is 0 Å². The van der Waals surface area contributed by atoms with Gasteiger partial charge in [-0.05, 0) is 37.5 Å². The van der Waals surface area contributed by atoms with Crippen molar-refractivity contribution in [1.82, 2.24) is 9.97 Å². The third-order valence-corrected chi connectivity index (χ3v) is 4.87. The highest BCUT2D eigenvalue weighted by Crippen LogP contribution is 2.35. The van der Waals surface area contributed by atoms with E-state index in [1.54, 1.807) is 0 Å². The first-order valence-electron chi connectivity index (χ1n) is 8.77. The predicted octanol–water partition coefficient (Wildman–Crippen LogP) is 2.44. The van der Waals surface area contributed by atoms with E-state index in [0.29, 0.717) is 23.6 Å². The summed E-state index contributed by atoms with van der Waals surface area (Å²) in [5.41, 5.74) is 5.81. The molecule has 24 heavy (non-hydrogen) atoms. The first-order chi connectivity index (χ1) is 11.5. The largest absolute Gasteiger partial charge is 0.378 e. The van der Waals surface area contributed by atoms with Crippen LogP contribution in [0.1, 0.15) is 39.5 Å². The fourth-order valence-electron chi connectivity index (χ4n) is 3.92. The van der Waals surface area contributed by atoms with Crippen molar-refractivity contribution in [3.63, 3.8) is 0 Å². The minimum absolute atomic E-state index is 0.0311. The van der Waals surface area contributed by atoms with Crippen molar-refractivity contribution in [3.05, 3.63) is 10.1 Å². The van der Waals surface area contributed by atoms with E-state index in [4.69, 9.17) is 5.73 Å². The van der Waals surface area contributed by atoms with Gasteiger partial charge in [0.25, 0.3) is 0 Å². The van der Waals surface area contributed by atoms with Crippen LogP contribution in [-0.4, -0.2) is 41.1 Å². The van der Waals surface area contributed by atoms with Gasteiger partial charge in [-0.15, -0.1) is 0 Å². The Morgan fingerprint density at radius 3 is 2.29 bits per heavy atom. The molecule has 2 fully saturated rings. The molecule has 132 valence electrons. The number of aromatic nitrogens is 2. The Morgan fingerprint density at radius 2 is 1.71 bits per heavy atom. The van der Waals surface area contributed by atoms with Crippen LogP contribution < -0.4 is 15.5 Å². The van der Waals surface area contributed by atoms with Gasteiger partial charge < -0.3 is 15.5 Å². The topological polar surface area (TPSA) is 101 Å². The standard InChI is InChI=1S/C16H26N6O2/c1-11-8-12(2)10-21(9-11)16-18-14(17)13(22(23)24)15(19-16)20-6-4-3-5-7-20/h11-12H,3-10H2,1-2H3,(H2,17,18,19)/t11-,12+. The zero-order chi connectivity index (χ0) is 17.3. The quantitative estimate of drug-likeness (QED) is 0.669. The molecule has 8 nitrogen and oxygen atoms in total. The van der Waals surface area contributed by atoms with Gasteiger partial charge in [-0.3, -0.25) is 10.1 Å². The lowest BCUT2D eigenvalue weighted by molar-refractivity contribution is -0.383. The molecular weight excluding hydrogens is 308 g/mol. The van der Waals surface area contributed by atoms with Gasteiger partial charge >= 0.3 is 5.69 Å². The second-order valence-electron chi connectivity index (χ2n) is 7.24. The van der Waals surface area contributed by atoms with Crippen molar-refractivity contribution >= 4 is 23.3 Å². The van der Waals surface area contributed by atoms with Gasteiger partial charge in [-0.1, -0.05) is 13.8 Å². The van der Waals surface area contributed by atoms with E-state index in [1.807, 2.05) is 4.90 Å². The predicted molar refractivity (Wildman–Crippen MR) is 94.3 cm³/mol. The molecule has 0 amide bonds. The van der Waals surface area contributed by atoms with E-state index >= 15 is 0 Å². The number of hydrogen-bond acceptors (Lipinski definition) is 7. The Hall–Kier alpha value is -2.12. The molecule has 2 aliphatic heterocycles. The van der Waals surface area contributed by atoms with E-state index in [-0.39, 0.29) is 11.5 Å². The summed E-state index contributed by atoms with van der Waals surface area (Å²) in [5, 5.41) is 11.5. The summed E-state index contributed by atoms with van der Waals surface area (Å²) in [6.45, 7) is 7.71. The van der Waals surface area contributed by atoms with Crippen molar-refractivity contribution in [2.75, 3.05) is 41.7 Å². The van der Waals surface area contributed by atoms with Gasteiger partial charge in [0.15, 0.2) is 0 Å². The summed E-state index contributed by atoms with van der Waals surface area (Å²) in [5.74, 6) is 1.97. The average molecular weight is 334 g/mol. The highest BCUT2D eigenvalue weighted by atomic mass is 16.6. The van der Waals surface area contributed by atoms with E-state index in [9.17, 15) is 10.1 Å². The summed E-state index contributed by atoms with van der Waals surface area (Å²) < 4.78 is 0. The van der Waals surface area contributed by atoms with Gasteiger partial charge in [0.05, 0.1) is 4.92 Å². The number of nitrogen functional groups attached to an aromatic ring is 1. The van der Waals surface area contributed by atoms with E-state index in [0.717, 1.165) is 45.4 Å². The fraction of sp³-hybridized carbons (Fsp3) is 0.750. The first kappa shape index (κ1) is 16.7. The molecule has 1 aromatic rings. The molecule has 0 radical (unpaired) electrons. The van der Waals surface area contributed by atoms with Crippen molar-refractivity contribution < 1.29 is 4.92 Å². The number of nitro groups is 1. The zero-order valence-electron chi connectivity index (χ0n) is 14.4. The van der Waals surface area contributed by atoms with E-state index in [1.165, 1.54) is 6.42 Å². The van der Waals surface area contributed by atoms with E-state index in [2.05, 4.69) is 28.7 Å². The molecule has 8 heteroatoms.